The van der Waals surface area contributed by atoms with Crippen molar-refractivity contribution in [3.63, 3.8) is 0 Å². The molecule has 88 valence electrons. The molecule has 2 aromatic carbocycles. The fourth-order valence-electron chi connectivity index (χ4n) is 1.62. The van der Waals surface area contributed by atoms with Crippen molar-refractivity contribution in [1.82, 2.24) is 0 Å². The van der Waals surface area contributed by atoms with Gasteiger partial charge in [-0.05, 0) is 54.8 Å². The molecule has 0 saturated carbocycles. The van der Waals surface area contributed by atoms with Crippen LogP contribution in [0.25, 0.3) is 0 Å². The first kappa shape index (κ1) is 11.5. The molecule has 2 N–H and O–H groups in total. The van der Waals surface area contributed by atoms with E-state index in [9.17, 15) is 0 Å². The molecule has 2 nitrogen and oxygen atoms in total. The SMILES string of the molecule is Cc1ccc(COc2ccc(N)cc2)cc1C. The van der Waals surface area contributed by atoms with Crippen molar-refractivity contribution in [3.05, 3.63) is 59.2 Å². The predicted octanol–water partition coefficient (Wildman–Crippen LogP) is 3.46. The molecule has 0 bridgehead atoms. The smallest absolute Gasteiger partial charge is 0.119 e. The average molecular weight is 227 g/mol. The van der Waals surface area contributed by atoms with Crippen molar-refractivity contribution >= 4 is 5.69 Å². The first-order valence-corrected chi connectivity index (χ1v) is 5.69. The summed E-state index contributed by atoms with van der Waals surface area (Å²) >= 11 is 0. The number of benzene rings is 2. The van der Waals surface area contributed by atoms with Gasteiger partial charge in [0.25, 0.3) is 0 Å². The van der Waals surface area contributed by atoms with Crippen LogP contribution >= 0.6 is 0 Å². The molecule has 0 amide bonds. The lowest BCUT2D eigenvalue weighted by Gasteiger charge is -2.08. The van der Waals surface area contributed by atoms with Gasteiger partial charge in [0.15, 0.2) is 0 Å². The molecule has 2 aromatic rings. The van der Waals surface area contributed by atoms with Gasteiger partial charge < -0.3 is 10.5 Å². The quantitative estimate of drug-likeness (QED) is 0.815. The van der Waals surface area contributed by atoms with Crippen LogP contribution in [0.1, 0.15) is 16.7 Å². The van der Waals surface area contributed by atoms with Gasteiger partial charge in [-0.2, -0.15) is 0 Å². The summed E-state index contributed by atoms with van der Waals surface area (Å²) in [7, 11) is 0. The Kier molecular flexibility index (Phi) is 3.33. The van der Waals surface area contributed by atoms with Crippen molar-refractivity contribution in [2.24, 2.45) is 0 Å². The Morgan fingerprint density at radius 1 is 0.941 bits per heavy atom. The zero-order valence-corrected chi connectivity index (χ0v) is 10.2. The fraction of sp³-hybridized carbons (Fsp3) is 0.200. The van der Waals surface area contributed by atoms with Crippen LogP contribution in [-0.2, 0) is 6.61 Å². The highest BCUT2D eigenvalue weighted by Crippen LogP contribution is 2.16. The summed E-state index contributed by atoms with van der Waals surface area (Å²) in [5.74, 6) is 0.845. The van der Waals surface area contributed by atoms with Gasteiger partial charge in [0.2, 0.25) is 0 Å². The zero-order chi connectivity index (χ0) is 12.3. The number of anilines is 1. The minimum absolute atomic E-state index is 0.588. The van der Waals surface area contributed by atoms with Crippen molar-refractivity contribution in [1.29, 1.82) is 0 Å². The van der Waals surface area contributed by atoms with Gasteiger partial charge in [0.1, 0.15) is 12.4 Å². The van der Waals surface area contributed by atoms with E-state index >= 15 is 0 Å². The van der Waals surface area contributed by atoms with E-state index in [1.54, 1.807) is 0 Å². The molecule has 2 rings (SSSR count). The first-order valence-electron chi connectivity index (χ1n) is 5.69. The summed E-state index contributed by atoms with van der Waals surface area (Å²) in [6, 6.07) is 13.8. The molecule has 0 radical (unpaired) electrons. The molecule has 0 saturated heterocycles. The summed E-state index contributed by atoms with van der Waals surface area (Å²) in [4.78, 5) is 0. The number of rotatable bonds is 3. The van der Waals surface area contributed by atoms with Crippen molar-refractivity contribution in [2.75, 3.05) is 5.73 Å². The van der Waals surface area contributed by atoms with Crippen LogP contribution in [0.4, 0.5) is 5.69 Å². The van der Waals surface area contributed by atoms with E-state index < -0.39 is 0 Å². The van der Waals surface area contributed by atoms with E-state index in [1.807, 2.05) is 24.3 Å². The van der Waals surface area contributed by atoms with Gasteiger partial charge in [-0.1, -0.05) is 18.2 Å². The standard InChI is InChI=1S/C15H17NO/c1-11-3-4-13(9-12(11)2)10-17-15-7-5-14(16)6-8-15/h3-9H,10,16H2,1-2H3. The largest absolute Gasteiger partial charge is 0.489 e. The number of ether oxygens (including phenoxy) is 1. The van der Waals surface area contributed by atoms with Gasteiger partial charge in [0.05, 0.1) is 0 Å². The normalized spacial score (nSPS) is 10.2. The third-order valence-corrected chi connectivity index (χ3v) is 2.86. The third kappa shape index (κ3) is 3.00. The van der Waals surface area contributed by atoms with E-state index in [2.05, 4.69) is 32.0 Å². The summed E-state index contributed by atoms with van der Waals surface area (Å²) in [5.41, 5.74) is 10.2. The molecule has 0 spiro atoms. The molecule has 17 heavy (non-hydrogen) atoms. The number of aryl methyl sites for hydroxylation is 2. The van der Waals surface area contributed by atoms with Crippen LogP contribution < -0.4 is 10.5 Å². The molecule has 0 fully saturated rings. The Hall–Kier alpha value is -1.96. The lowest BCUT2D eigenvalue weighted by atomic mass is 10.1. The highest BCUT2D eigenvalue weighted by Gasteiger charge is 1.98. The number of hydrogen-bond acceptors (Lipinski definition) is 2. The second kappa shape index (κ2) is 4.91. The minimum atomic E-state index is 0.588. The van der Waals surface area contributed by atoms with Crippen molar-refractivity contribution < 1.29 is 4.74 Å². The molecule has 2 heteroatoms. The number of nitrogens with two attached hydrogens (primary N) is 1. The molecular formula is C15H17NO. The van der Waals surface area contributed by atoms with E-state index in [1.165, 1.54) is 16.7 Å². The lowest BCUT2D eigenvalue weighted by molar-refractivity contribution is 0.306. The predicted molar refractivity (Wildman–Crippen MR) is 71.1 cm³/mol. The summed E-state index contributed by atoms with van der Waals surface area (Å²) in [6.07, 6.45) is 0. The topological polar surface area (TPSA) is 35.2 Å². The molecule has 0 unspecified atom stereocenters. The fourth-order valence-corrected chi connectivity index (χ4v) is 1.62. The van der Waals surface area contributed by atoms with Crippen molar-refractivity contribution in [3.8, 4) is 5.75 Å². The maximum absolute atomic E-state index is 5.69. The number of nitrogen functional groups attached to an aromatic ring is 1. The van der Waals surface area contributed by atoms with Crippen LogP contribution in [-0.4, -0.2) is 0 Å². The highest BCUT2D eigenvalue weighted by molar-refractivity contribution is 5.41. The highest BCUT2D eigenvalue weighted by atomic mass is 16.5. The molecule has 0 aromatic heterocycles. The van der Waals surface area contributed by atoms with Crippen LogP contribution in [0.5, 0.6) is 5.75 Å². The molecule has 0 aliphatic rings. The Balaban J connectivity index is 2.02. The van der Waals surface area contributed by atoms with Gasteiger partial charge in [-0.25, -0.2) is 0 Å². The third-order valence-electron chi connectivity index (χ3n) is 2.86. The van der Waals surface area contributed by atoms with E-state index in [-0.39, 0.29) is 0 Å². The minimum Gasteiger partial charge on any atom is -0.489 e. The van der Waals surface area contributed by atoms with Gasteiger partial charge in [-0.15, -0.1) is 0 Å². The van der Waals surface area contributed by atoms with Crippen LogP contribution in [0.15, 0.2) is 42.5 Å². The van der Waals surface area contributed by atoms with Crippen molar-refractivity contribution in [2.45, 2.75) is 20.5 Å². The number of hydrogen-bond donors (Lipinski definition) is 1. The Morgan fingerprint density at radius 3 is 2.29 bits per heavy atom. The van der Waals surface area contributed by atoms with Gasteiger partial charge in [-0.3, -0.25) is 0 Å². The Bertz CT molecular complexity index is 503. The summed E-state index contributed by atoms with van der Waals surface area (Å²) in [5, 5.41) is 0. The lowest BCUT2D eigenvalue weighted by Crippen LogP contribution is -1.96. The molecule has 0 atom stereocenters. The molecule has 0 aliphatic heterocycles. The van der Waals surface area contributed by atoms with E-state index in [4.69, 9.17) is 10.5 Å². The zero-order valence-electron chi connectivity index (χ0n) is 10.2. The van der Waals surface area contributed by atoms with Crippen LogP contribution in [0.3, 0.4) is 0 Å². The Labute approximate surface area is 102 Å². The van der Waals surface area contributed by atoms with Gasteiger partial charge in [0, 0.05) is 5.69 Å². The average Bonchev–Trinajstić information content (AvgIpc) is 2.33. The molecule has 0 aliphatic carbocycles. The second-order valence-electron chi connectivity index (χ2n) is 4.28. The summed E-state index contributed by atoms with van der Waals surface area (Å²) < 4.78 is 5.69. The van der Waals surface area contributed by atoms with Crippen LogP contribution in [0.2, 0.25) is 0 Å². The van der Waals surface area contributed by atoms with Crippen LogP contribution in [0, 0.1) is 13.8 Å². The summed E-state index contributed by atoms with van der Waals surface area (Å²) in [6.45, 7) is 4.81. The Morgan fingerprint density at radius 2 is 1.65 bits per heavy atom. The molecular weight excluding hydrogens is 210 g/mol. The first-order chi connectivity index (χ1) is 8.15. The van der Waals surface area contributed by atoms with E-state index in [0.717, 1.165) is 11.4 Å². The van der Waals surface area contributed by atoms with Gasteiger partial charge >= 0.3 is 0 Å². The maximum atomic E-state index is 5.69. The maximum Gasteiger partial charge on any atom is 0.119 e. The van der Waals surface area contributed by atoms with E-state index in [0.29, 0.717) is 6.61 Å². The second-order valence-corrected chi connectivity index (χ2v) is 4.28. The monoisotopic (exact) mass is 227 g/mol. The molecule has 0 heterocycles.